The molecule has 5 aromatic rings. The van der Waals surface area contributed by atoms with Crippen molar-refractivity contribution in [3.05, 3.63) is 94.8 Å². The van der Waals surface area contributed by atoms with Gasteiger partial charge in [-0.25, -0.2) is 0 Å². The maximum absolute atomic E-state index is 5.32. The molecule has 0 spiro atoms. The van der Waals surface area contributed by atoms with Crippen molar-refractivity contribution in [2.45, 2.75) is 58.5 Å². The van der Waals surface area contributed by atoms with Crippen molar-refractivity contribution in [2.24, 2.45) is 0 Å². The molecule has 182 valence electrons. The minimum absolute atomic E-state index is 0.386. The van der Waals surface area contributed by atoms with Crippen LogP contribution in [0.4, 0.5) is 0 Å². The SMILES string of the molecule is Cc1nc(-c2c(C(C)C)ccc3[nH]ncc23)c2ccccc2c1CN(C)C1CCCc2ccccc21. The minimum atomic E-state index is 0.386. The van der Waals surface area contributed by atoms with E-state index in [2.05, 4.69) is 104 Å². The zero-order valence-electron chi connectivity index (χ0n) is 21.7. The van der Waals surface area contributed by atoms with Crippen LogP contribution in [0.15, 0.2) is 66.9 Å². The van der Waals surface area contributed by atoms with Gasteiger partial charge in [0.05, 0.1) is 17.4 Å². The molecule has 1 aliphatic rings. The number of nitrogens with one attached hydrogen (secondary N) is 1. The quantitative estimate of drug-likeness (QED) is 0.284. The first-order valence-electron chi connectivity index (χ1n) is 13.2. The van der Waals surface area contributed by atoms with E-state index in [-0.39, 0.29) is 0 Å². The highest BCUT2D eigenvalue weighted by atomic mass is 15.1. The van der Waals surface area contributed by atoms with Gasteiger partial charge in [0.25, 0.3) is 0 Å². The molecule has 4 heteroatoms. The van der Waals surface area contributed by atoms with Crippen LogP contribution in [0, 0.1) is 6.92 Å². The third kappa shape index (κ3) is 3.81. The molecule has 2 aromatic heterocycles. The Morgan fingerprint density at radius 1 is 0.972 bits per heavy atom. The number of benzene rings is 3. The second kappa shape index (κ2) is 9.18. The number of rotatable bonds is 5. The van der Waals surface area contributed by atoms with E-state index in [0.29, 0.717) is 12.0 Å². The van der Waals surface area contributed by atoms with Crippen molar-refractivity contribution in [2.75, 3.05) is 7.05 Å². The molecule has 3 aromatic carbocycles. The number of aromatic nitrogens is 3. The zero-order chi connectivity index (χ0) is 24.8. The molecule has 0 fully saturated rings. The van der Waals surface area contributed by atoms with E-state index in [9.17, 15) is 0 Å². The molecule has 0 bridgehead atoms. The molecule has 1 N–H and O–H groups in total. The van der Waals surface area contributed by atoms with Crippen molar-refractivity contribution in [1.82, 2.24) is 20.1 Å². The Labute approximate surface area is 213 Å². The topological polar surface area (TPSA) is 44.8 Å². The third-order valence-corrected chi connectivity index (χ3v) is 8.02. The number of aromatic amines is 1. The third-order valence-electron chi connectivity index (χ3n) is 8.02. The molecule has 0 saturated heterocycles. The first-order chi connectivity index (χ1) is 17.5. The zero-order valence-corrected chi connectivity index (χ0v) is 21.7. The van der Waals surface area contributed by atoms with Crippen LogP contribution in [0.3, 0.4) is 0 Å². The summed E-state index contributed by atoms with van der Waals surface area (Å²) >= 11 is 0. The number of H-pyrrole nitrogens is 1. The number of hydrogen-bond acceptors (Lipinski definition) is 3. The average molecular weight is 475 g/mol. The molecular formula is C32H34N4. The maximum Gasteiger partial charge on any atom is 0.0793 e. The van der Waals surface area contributed by atoms with Crippen LogP contribution in [0.25, 0.3) is 32.9 Å². The van der Waals surface area contributed by atoms with Gasteiger partial charge in [0.1, 0.15) is 0 Å². The lowest BCUT2D eigenvalue weighted by Crippen LogP contribution is -2.28. The molecule has 36 heavy (non-hydrogen) atoms. The van der Waals surface area contributed by atoms with Crippen LogP contribution in [-0.4, -0.2) is 27.1 Å². The number of hydrogen-bond donors (Lipinski definition) is 1. The second-order valence-electron chi connectivity index (χ2n) is 10.6. The van der Waals surface area contributed by atoms with Gasteiger partial charge in [-0.2, -0.15) is 5.10 Å². The summed E-state index contributed by atoms with van der Waals surface area (Å²) in [6.45, 7) is 7.57. The van der Waals surface area contributed by atoms with Gasteiger partial charge in [-0.05, 0) is 72.9 Å². The van der Waals surface area contributed by atoms with Crippen LogP contribution in [0.1, 0.15) is 66.6 Å². The summed E-state index contributed by atoms with van der Waals surface area (Å²) in [6, 6.07) is 22.6. The summed E-state index contributed by atoms with van der Waals surface area (Å²) in [7, 11) is 2.28. The maximum atomic E-state index is 5.32. The Kier molecular flexibility index (Phi) is 5.85. The van der Waals surface area contributed by atoms with E-state index in [4.69, 9.17) is 4.98 Å². The highest BCUT2D eigenvalue weighted by Crippen LogP contribution is 2.40. The van der Waals surface area contributed by atoms with Crippen molar-refractivity contribution in [1.29, 1.82) is 0 Å². The van der Waals surface area contributed by atoms with Crippen LogP contribution in [-0.2, 0) is 13.0 Å². The molecular weight excluding hydrogens is 440 g/mol. The fourth-order valence-electron chi connectivity index (χ4n) is 6.16. The van der Waals surface area contributed by atoms with Crippen molar-refractivity contribution in [3.8, 4) is 11.3 Å². The van der Waals surface area contributed by atoms with Crippen LogP contribution < -0.4 is 0 Å². The predicted octanol–water partition coefficient (Wildman–Crippen LogP) is 7.72. The van der Waals surface area contributed by atoms with Gasteiger partial charge in [-0.1, -0.05) is 68.4 Å². The lowest BCUT2D eigenvalue weighted by molar-refractivity contribution is 0.213. The summed E-state index contributed by atoms with van der Waals surface area (Å²) in [5, 5.41) is 11.2. The van der Waals surface area contributed by atoms with Crippen molar-refractivity contribution >= 4 is 21.7 Å². The molecule has 0 radical (unpaired) electrons. The van der Waals surface area contributed by atoms with Crippen molar-refractivity contribution in [3.63, 3.8) is 0 Å². The van der Waals surface area contributed by atoms with Crippen molar-refractivity contribution < 1.29 is 0 Å². The first kappa shape index (κ1) is 22.9. The fraction of sp³-hybridized carbons (Fsp3) is 0.312. The summed E-state index contributed by atoms with van der Waals surface area (Å²) in [5.41, 5.74) is 10.1. The normalized spacial score (nSPS) is 15.8. The largest absolute Gasteiger partial charge is 0.295 e. The van der Waals surface area contributed by atoms with E-state index < -0.39 is 0 Å². The van der Waals surface area contributed by atoms with E-state index in [1.54, 1.807) is 0 Å². The Morgan fingerprint density at radius 3 is 2.58 bits per heavy atom. The molecule has 0 saturated carbocycles. The van der Waals surface area contributed by atoms with Gasteiger partial charge in [0, 0.05) is 34.6 Å². The van der Waals surface area contributed by atoms with Gasteiger partial charge in [-0.15, -0.1) is 0 Å². The predicted molar refractivity (Wildman–Crippen MR) is 149 cm³/mol. The number of nitrogens with zero attached hydrogens (tertiary/aromatic N) is 3. The Bertz CT molecular complexity index is 1560. The summed E-state index contributed by atoms with van der Waals surface area (Å²) in [6.07, 6.45) is 5.59. The molecule has 0 aliphatic heterocycles. The van der Waals surface area contributed by atoms with E-state index >= 15 is 0 Å². The number of pyridine rings is 1. The molecule has 1 unspecified atom stereocenters. The van der Waals surface area contributed by atoms with E-state index in [1.807, 2.05) is 6.20 Å². The van der Waals surface area contributed by atoms with Gasteiger partial charge in [0.15, 0.2) is 0 Å². The monoisotopic (exact) mass is 474 g/mol. The molecule has 6 rings (SSSR count). The van der Waals surface area contributed by atoms with Crippen LogP contribution >= 0.6 is 0 Å². The van der Waals surface area contributed by atoms with Crippen LogP contribution in [0.2, 0.25) is 0 Å². The second-order valence-corrected chi connectivity index (χ2v) is 10.6. The molecule has 1 atom stereocenters. The van der Waals surface area contributed by atoms with Crippen LogP contribution in [0.5, 0.6) is 0 Å². The van der Waals surface area contributed by atoms with Gasteiger partial charge in [-0.3, -0.25) is 15.0 Å². The Hall–Kier alpha value is -3.50. The molecule has 1 aliphatic carbocycles. The minimum Gasteiger partial charge on any atom is -0.295 e. The summed E-state index contributed by atoms with van der Waals surface area (Å²) < 4.78 is 0. The standard InChI is InChI=1S/C32H34N4/c1-20(2)23-16-17-29-27(18-33-35-29)31(23)32-26-14-8-7-13-25(26)28(21(3)34-32)19-36(4)30-15-9-11-22-10-5-6-12-24(22)30/h5-8,10,12-14,16-18,20,30H,9,11,15,19H2,1-4H3,(H,33,35). The lowest BCUT2D eigenvalue weighted by atomic mass is 9.86. The van der Waals surface area contributed by atoms with Gasteiger partial charge in [0.2, 0.25) is 0 Å². The van der Waals surface area contributed by atoms with E-state index in [0.717, 1.165) is 28.8 Å². The molecule has 0 amide bonds. The number of fused-ring (bicyclic) bond motifs is 3. The highest BCUT2D eigenvalue weighted by molar-refractivity contribution is 6.05. The smallest absolute Gasteiger partial charge is 0.0793 e. The highest BCUT2D eigenvalue weighted by Gasteiger charge is 2.25. The summed E-state index contributed by atoms with van der Waals surface area (Å²) in [5.74, 6) is 0.386. The Balaban J connectivity index is 1.49. The van der Waals surface area contributed by atoms with Gasteiger partial charge < -0.3 is 0 Å². The number of aryl methyl sites for hydroxylation is 2. The average Bonchev–Trinajstić information content (AvgIpc) is 3.38. The van der Waals surface area contributed by atoms with Gasteiger partial charge >= 0.3 is 0 Å². The van der Waals surface area contributed by atoms with E-state index in [1.165, 1.54) is 57.9 Å². The lowest BCUT2D eigenvalue weighted by Gasteiger charge is -2.34. The molecule has 2 heterocycles. The Morgan fingerprint density at radius 2 is 1.75 bits per heavy atom. The summed E-state index contributed by atoms with van der Waals surface area (Å²) in [4.78, 5) is 7.85. The molecule has 4 nitrogen and oxygen atoms in total. The first-order valence-corrected chi connectivity index (χ1v) is 13.2. The fourth-order valence-corrected chi connectivity index (χ4v) is 6.16.